The molecule has 69 heavy (non-hydrogen) atoms. The van der Waals surface area contributed by atoms with E-state index >= 15 is 13.6 Å². The molecule has 20 heteroatoms. The summed E-state index contributed by atoms with van der Waals surface area (Å²) >= 11 is 0. The fourth-order valence-electron chi connectivity index (χ4n) is 11.0. The van der Waals surface area contributed by atoms with E-state index in [2.05, 4.69) is 41.2 Å². The van der Waals surface area contributed by atoms with E-state index in [4.69, 9.17) is 14.4 Å². The second kappa shape index (κ2) is 15.5. The van der Waals surface area contributed by atoms with E-state index in [0.29, 0.717) is 57.3 Å². The standard InChI is InChI=1S/C49H47F5N10O5/c1-25-17-32(18-26(2)40(25)50)64-42(61-15-14-60(46(61)67)37-10-9-36-33(41(37)51)23-55-62(36)24-49(52,53)54)39-28(4)59(13-11-34(39)57-64)43(65)38-20-31-19-29(30-12-16-68-47(5,6)22-30)7-8-35(31)63(38)48(21-27(48)3)44-56-45(66)69-58-44/h7-10,14-15,17-20,23,27-28,30H,11-13,16,21-22,24H2,1-6H3,(H,56,58,66)/t27-,28-,30-,48-/m0/s1. The van der Waals surface area contributed by atoms with E-state index in [9.17, 15) is 22.8 Å². The maximum Gasteiger partial charge on any atom is 0.438 e. The van der Waals surface area contributed by atoms with Gasteiger partial charge in [-0.15, -0.1) is 0 Å². The Labute approximate surface area is 389 Å². The number of aromatic nitrogens is 9. The fourth-order valence-corrected chi connectivity index (χ4v) is 11.0. The smallest absolute Gasteiger partial charge is 0.376 e. The average Bonchev–Trinajstić information content (AvgIpc) is 3.93. The van der Waals surface area contributed by atoms with Crippen molar-refractivity contribution in [1.82, 2.24) is 48.3 Å². The van der Waals surface area contributed by atoms with Gasteiger partial charge in [0.05, 0.1) is 45.8 Å². The molecule has 3 aliphatic rings. The lowest BCUT2D eigenvalue weighted by Gasteiger charge is -2.35. The number of benzene rings is 3. The minimum absolute atomic E-state index is 0.0493. The lowest BCUT2D eigenvalue weighted by Crippen LogP contribution is -2.41. The molecule has 0 spiro atoms. The third-order valence-corrected chi connectivity index (χ3v) is 14.4. The van der Waals surface area contributed by atoms with Gasteiger partial charge in [0.1, 0.15) is 29.4 Å². The van der Waals surface area contributed by atoms with Gasteiger partial charge >= 0.3 is 17.6 Å². The summed E-state index contributed by atoms with van der Waals surface area (Å²) in [6.07, 6.45) is 1.63. The molecule has 3 aromatic carbocycles. The van der Waals surface area contributed by atoms with Crippen molar-refractivity contribution in [3.05, 3.63) is 139 Å². The van der Waals surface area contributed by atoms with Crippen LogP contribution in [0, 0.1) is 31.4 Å². The summed E-state index contributed by atoms with van der Waals surface area (Å²) in [5, 5.41) is 13.5. The number of halogens is 5. The highest BCUT2D eigenvalue weighted by molar-refractivity contribution is 6.00. The quantitative estimate of drug-likeness (QED) is 0.149. The number of carbonyl (C=O) groups is 1. The zero-order valence-electron chi connectivity index (χ0n) is 38.5. The Balaban J connectivity index is 1.04. The van der Waals surface area contributed by atoms with Crippen molar-refractivity contribution in [2.24, 2.45) is 5.92 Å². The van der Waals surface area contributed by atoms with Crippen LogP contribution in [-0.4, -0.2) is 79.1 Å². The molecule has 0 unspecified atom stereocenters. The molecule has 1 N–H and O–H groups in total. The Morgan fingerprint density at radius 2 is 1.67 bits per heavy atom. The van der Waals surface area contributed by atoms with Gasteiger partial charge in [0, 0.05) is 48.4 Å². The number of hydrogen-bond acceptors (Lipinski definition) is 8. The van der Waals surface area contributed by atoms with Crippen LogP contribution in [0.4, 0.5) is 22.0 Å². The van der Waals surface area contributed by atoms with Gasteiger partial charge in [0.25, 0.3) is 5.91 Å². The SMILES string of the molecule is Cc1cc(-n2nc3c(c2-n2ccn(-c4ccc5c(cnn5CC(F)(F)F)c4F)c2=O)[C@H](C)N(C(=O)c2cc4cc([C@H]5CCOC(C)(C)C5)ccc4n2[C@@]2(c4noc(=O)[nH]4)C[C@@H]2C)CC3)cc(C)c1F. The number of nitrogens with one attached hydrogen (secondary N) is 1. The topological polar surface area (TPSA) is 156 Å². The molecule has 4 atom stereocenters. The Morgan fingerprint density at radius 3 is 2.35 bits per heavy atom. The highest BCUT2D eigenvalue weighted by Crippen LogP contribution is 2.56. The number of aryl methyl sites for hydroxylation is 2. The van der Waals surface area contributed by atoms with E-state index < -0.39 is 47.4 Å². The number of imidazole rings is 1. The summed E-state index contributed by atoms with van der Waals surface area (Å²) < 4.78 is 88.9. The first-order valence-corrected chi connectivity index (χ1v) is 22.8. The van der Waals surface area contributed by atoms with Crippen LogP contribution in [-0.2, 0) is 23.2 Å². The normalized spacial score (nSPS) is 21.4. The number of alkyl halides is 3. The molecule has 1 saturated carbocycles. The monoisotopic (exact) mass is 950 g/mol. The number of ether oxygens (including phenoxy) is 1. The number of H-pyrrole nitrogens is 1. The zero-order chi connectivity index (χ0) is 48.6. The van der Waals surface area contributed by atoms with Crippen molar-refractivity contribution >= 4 is 27.7 Å². The van der Waals surface area contributed by atoms with Crippen LogP contribution < -0.4 is 11.4 Å². The molecule has 7 heterocycles. The molecule has 0 radical (unpaired) electrons. The average molecular weight is 951 g/mol. The van der Waals surface area contributed by atoms with E-state index in [1.807, 2.05) is 30.5 Å². The van der Waals surface area contributed by atoms with Gasteiger partial charge in [0.15, 0.2) is 11.6 Å². The molecule has 2 fully saturated rings. The third kappa shape index (κ3) is 7.07. The molecule has 5 aromatic heterocycles. The summed E-state index contributed by atoms with van der Waals surface area (Å²) in [4.78, 5) is 47.2. The first-order chi connectivity index (χ1) is 32.7. The number of nitrogens with zero attached hydrogens (tertiary/aromatic N) is 9. The number of fused-ring (bicyclic) bond motifs is 3. The first kappa shape index (κ1) is 44.4. The summed E-state index contributed by atoms with van der Waals surface area (Å²) in [6.45, 7) is 10.7. The van der Waals surface area contributed by atoms with Gasteiger partial charge in [-0.25, -0.2) is 23.1 Å². The highest BCUT2D eigenvalue weighted by atomic mass is 19.4. The predicted molar refractivity (Wildman–Crippen MR) is 242 cm³/mol. The van der Waals surface area contributed by atoms with Gasteiger partial charge in [-0.3, -0.25) is 28.1 Å². The van der Waals surface area contributed by atoms with Crippen LogP contribution >= 0.6 is 0 Å². The number of rotatable bonds is 8. The van der Waals surface area contributed by atoms with Crippen molar-refractivity contribution in [2.75, 3.05) is 13.2 Å². The number of amides is 1. The van der Waals surface area contributed by atoms with Crippen molar-refractivity contribution in [1.29, 1.82) is 0 Å². The minimum Gasteiger partial charge on any atom is -0.376 e. The zero-order valence-corrected chi connectivity index (χ0v) is 38.5. The van der Waals surface area contributed by atoms with Gasteiger partial charge in [-0.2, -0.15) is 23.4 Å². The highest BCUT2D eigenvalue weighted by Gasteiger charge is 2.59. The fraction of sp³-hybridized carbons (Fsp3) is 0.388. The van der Waals surface area contributed by atoms with Crippen molar-refractivity contribution in [3.8, 4) is 17.2 Å². The third-order valence-electron chi connectivity index (χ3n) is 14.4. The summed E-state index contributed by atoms with van der Waals surface area (Å²) in [5.74, 6) is -1.71. The van der Waals surface area contributed by atoms with Crippen LogP contribution in [0.5, 0.6) is 0 Å². The van der Waals surface area contributed by atoms with Crippen LogP contribution in [0.25, 0.3) is 39.0 Å². The molecule has 1 aliphatic carbocycles. The molecular weight excluding hydrogens is 904 g/mol. The Morgan fingerprint density at radius 1 is 0.942 bits per heavy atom. The Hall–Kier alpha value is -7.09. The molecule has 15 nitrogen and oxygen atoms in total. The van der Waals surface area contributed by atoms with Crippen LogP contribution in [0.1, 0.15) is 103 Å². The second-order valence-electron chi connectivity index (χ2n) is 19.4. The van der Waals surface area contributed by atoms with Crippen LogP contribution in [0.2, 0.25) is 0 Å². The molecule has 0 bridgehead atoms. The van der Waals surface area contributed by atoms with Gasteiger partial charge in [0.2, 0.25) is 0 Å². The van der Waals surface area contributed by atoms with Crippen LogP contribution in [0.3, 0.4) is 0 Å². The van der Waals surface area contributed by atoms with Crippen molar-refractivity contribution < 1.29 is 36.0 Å². The largest absolute Gasteiger partial charge is 0.438 e. The minimum atomic E-state index is -4.61. The molecule has 1 amide bonds. The van der Waals surface area contributed by atoms with Gasteiger partial charge in [-0.1, -0.05) is 18.1 Å². The Bertz CT molecular complexity index is 3510. The van der Waals surface area contributed by atoms with Gasteiger partial charge in [-0.05, 0) is 125 Å². The lowest BCUT2D eigenvalue weighted by atomic mass is 9.83. The second-order valence-corrected chi connectivity index (χ2v) is 19.4. The number of carbonyl (C=O) groups excluding carboxylic acids is 1. The van der Waals surface area contributed by atoms with E-state index in [1.54, 1.807) is 30.9 Å². The lowest BCUT2D eigenvalue weighted by molar-refractivity contribution is -0.141. The maximum absolute atomic E-state index is 16.3. The van der Waals surface area contributed by atoms with E-state index in [1.165, 1.54) is 33.8 Å². The van der Waals surface area contributed by atoms with E-state index in [-0.39, 0.29) is 58.7 Å². The van der Waals surface area contributed by atoms with Gasteiger partial charge < -0.3 is 14.2 Å². The molecule has 11 rings (SSSR count). The van der Waals surface area contributed by atoms with E-state index in [0.717, 1.165) is 40.1 Å². The summed E-state index contributed by atoms with van der Waals surface area (Å²) in [5.41, 5.74) is 2.12. The van der Waals surface area contributed by atoms with Crippen molar-refractivity contribution in [3.63, 3.8) is 0 Å². The van der Waals surface area contributed by atoms with Crippen molar-refractivity contribution in [2.45, 2.75) is 103 Å². The molecular formula is C49H47F5N10O5. The molecule has 1 saturated heterocycles. The number of hydrogen-bond donors (Lipinski definition) is 1. The summed E-state index contributed by atoms with van der Waals surface area (Å²) in [7, 11) is 0. The maximum atomic E-state index is 16.3. The molecule has 2 aliphatic heterocycles. The summed E-state index contributed by atoms with van der Waals surface area (Å²) in [6, 6.07) is 13.1. The first-order valence-electron chi connectivity index (χ1n) is 22.8. The molecule has 8 aromatic rings. The Kier molecular flexibility index (Phi) is 9.95. The van der Waals surface area contributed by atoms with Crippen LogP contribution in [0.15, 0.2) is 81.2 Å². The molecule has 358 valence electrons. The number of aromatic amines is 1. The predicted octanol–water partition coefficient (Wildman–Crippen LogP) is 8.47.